The molecule has 0 aliphatic heterocycles. The molecule has 0 aromatic heterocycles. The Labute approximate surface area is 213 Å². The van der Waals surface area contributed by atoms with Crippen LogP contribution in [0.2, 0.25) is 0 Å². The molecule has 0 saturated heterocycles. The van der Waals surface area contributed by atoms with Gasteiger partial charge in [0.15, 0.2) is 0 Å². The summed E-state index contributed by atoms with van der Waals surface area (Å²) < 4.78 is 0. The first kappa shape index (κ1) is 28.7. The van der Waals surface area contributed by atoms with E-state index in [0.29, 0.717) is 19.3 Å². The Balaban J connectivity index is 1.87. The number of Topliss-reactive ketones (excluding diaryl/α,β-unsaturated/α-hetero) is 1. The predicted molar refractivity (Wildman–Crippen MR) is 140 cm³/mol. The lowest BCUT2D eigenvalue weighted by molar-refractivity contribution is -0.131. The molecular weight excluding hydrogens is 456 g/mol. The third-order valence-corrected chi connectivity index (χ3v) is 5.82. The molecule has 8 heteroatoms. The van der Waals surface area contributed by atoms with Crippen LogP contribution >= 0.6 is 0 Å². The van der Waals surface area contributed by atoms with Crippen LogP contribution in [0.15, 0.2) is 60.7 Å². The van der Waals surface area contributed by atoms with Crippen LogP contribution in [0.5, 0.6) is 0 Å². The molecule has 3 amide bonds. The molecule has 5 N–H and O–H groups in total. The summed E-state index contributed by atoms with van der Waals surface area (Å²) >= 11 is 0. The van der Waals surface area contributed by atoms with Crippen LogP contribution in [0.3, 0.4) is 0 Å². The number of hydrogen-bond acceptors (Lipinski definition) is 5. The maximum atomic E-state index is 13.0. The zero-order valence-electron chi connectivity index (χ0n) is 21.3. The summed E-state index contributed by atoms with van der Waals surface area (Å²) in [5.74, 6) is -1.51. The quantitative estimate of drug-likeness (QED) is 0.319. The highest BCUT2D eigenvalue weighted by Gasteiger charge is 2.27. The van der Waals surface area contributed by atoms with E-state index in [1.54, 1.807) is 0 Å². The molecule has 2 aromatic rings. The lowest BCUT2D eigenvalue weighted by atomic mass is 9.99. The van der Waals surface area contributed by atoms with E-state index < -0.39 is 29.9 Å². The average Bonchev–Trinajstić information content (AvgIpc) is 2.84. The summed E-state index contributed by atoms with van der Waals surface area (Å²) in [6.45, 7) is 4.84. The fraction of sp³-hybridized carbons (Fsp3) is 0.429. The maximum absolute atomic E-state index is 13.0. The second-order valence-electron chi connectivity index (χ2n) is 9.44. The Kier molecular flexibility index (Phi) is 11.8. The number of nitrogens with one attached hydrogen (secondary N) is 3. The summed E-state index contributed by atoms with van der Waals surface area (Å²) in [6, 6.07) is 17.4. The number of nitrogens with two attached hydrogens (primary N) is 1. The normalized spacial score (nSPS) is 13.4. The second-order valence-corrected chi connectivity index (χ2v) is 9.44. The smallest absolute Gasteiger partial charge is 0.243 e. The summed E-state index contributed by atoms with van der Waals surface area (Å²) in [6.07, 6.45) is 1.80. The molecule has 2 rings (SSSR count). The SMILES string of the molecule is CC(=O)CC(Cc1ccccc1)NC(=O)C(NC(=O)CNC(=O)[C@H](N)CCc1ccccc1)C(C)C. The van der Waals surface area contributed by atoms with Gasteiger partial charge in [-0.1, -0.05) is 74.5 Å². The molecule has 0 saturated carbocycles. The van der Waals surface area contributed by atoms with Gasteiger partial charge in [0.25, 0.3) is 0 Å². The zero-order valence-corrected chi connectivity index (χ0v) is 21.3. The molecule has 36 heavy (non-hydrogen) atoms. The van der Waals surface area contributed by atoms with Gasteiger partial charge in [-0.25, -0.2) is 0 Å². The molecule has 8 nitrogen and oxygen atoms in total. The molecule has 3 atom stereocenters. The minimum Gasteiger partial charge on any atom is -0.351 e. The number of aryl methyl sites for hydroxylation is 1. The molecule has 2 aromatic carbocycles. The minimum absolute atomic E-state index is 0.0346. The van der Waals surface area contributed by atoms with Gasteiger partial charge in [0, 0.05) is 12.5 Å². The fourth-order valence-corrected chi connectivity index (χ4v) is 3.87. The summed E-state index contributed by atoms with van der Waals surface area (Å²) in [4.78, 5) is 49.6. The summed E-state index contributed by atoms with van der Waals surface area (Å²) in [5.41, 5.74) is 8.05. The first-order chi connectivity index (χ1) is 17.2. The van der Waals surface area contributed by atoms with Gasteiger partial charge in [0.05, 0.1) is 12.6 Å². The Bertz CT molecular complexity index is 995. The first-order valence-electron chi connectivity index (χ1n) is 12.4. The van der Waals surface area contributed by atoms with Crippen molar-refractivity contribution in [3.05, 3.63) is 71.8 Å². The van der Waals surface area contributed by atoms with E-state index in [-0.39, 0.29) is 30.6 Å². The van der Waals surface area contributed by atoms with Gasteiger partial charge in [0.1, 0.15) is 11.8 Å². The van der Waals surface area contributed by atoms with Crippen LogP contribution in [0.1, 0.15) is 44.7 Å². The molecule has 0 heterocycles. The molecule has 194 valence electrons. The minimum atomic E-state index is -0.814. The highest BCUT2D eigenvalue weighted by atomic mass is 16.2. The molecule has 0 bridgehead atoms. The van der Waals surface area contributed by atoms with E-state index in [1.807, 2.05) is 74.5 Å². The van der Waals surface area contributed by atoms with Crippen molar-refractivity contribution >= 4 is 23.5 Å². The first-order valence-corrected chi connectivity index (χ1v) is 12.4. The summed E-state index contributed by atoms with van der Waals surface area (Å²) in [5, 5.41) is 8.17. The Morgan fingerprint density at radius 2 is 1.42 bits per heavy atom. The largest absolute Gasteiger partial charge is 0.351 e. The number of benzene rings is 2. The zero-order chi connectivity index (χ0) is 26.5. The second kappa shape index (κ2) is 14.8. The van der Waals surface area contributed by atoms with Crippen molar-refractivity contribution in [3.8, 4) is 0 Å². The molecule has 0 spiro atoms. The van der Waals surface area contributed by atoms with Crippen molar-refractivity contribution in [1.29, 1.82) is 0 Å². The van der Waals surface area contributed by atoms with Crippen LogP contribution in [-0.4, -0.2) is 48.2 Å². The van der Waals surface area contributed by atoms with Gasteiger partial charge >= 0.3 is 0 Å². The number of carbonyl (C=O) groups is 4. The summed E-state index contributed by atoms with van der Waals surface area (Å²) in [7, 11) is 0. The van der Waals surface area contributed by atoms with E-state index in [2.05, 4.69) is 16.0 Å². The standard InChI is InChI=1S/C28H38N4O4/c1-19(2)26(28(36)31-23(16-20(3)33)17-22-12-8-5-9-13-22)32-25(34)18-30-27(35)24(29)15-14-21-10-6-4-7-11-21/h4-13,19,23-24,26H,14-18,29H2,1-3H3,(H,30,35)(H,31,36)(H,32,34)/t23?,24-,26?/m1/s1. The van der Waals surface area contributed by atoms with Crippen LogP contribution in [0, 0.1) is 5.92 Å². The topological polar surface area (TPSA) is 130 Å². The number of ketones is 1. The highest BCUT2D eigenvalue weighted by molar-refractivity contribution is 5.91. The monoisotopic (exact) mass is 494 g/mol. The van der Waals surface area contributed by atoms with E-state index in [1.165, 1.54) is 6.92 Å². The van der Waals surface area contributed by atoms with Crippen molar-refractivity contribution in [1.82, 2.24) is 16.0 Å². The van der Waals surface area contributed by atoms with Gasteiger partial charge in [-0.3, -0.25) is 19.2 Å². The van der Waals surface area contributed by atoms with Gasteiger partial charge < -0.3 is 21.7 Å². The van der Waals surface area contributed by atoms with Crippen LogP contribution in [0.4, 0.5) is 0 Å². The van der Waals surface area contributed by atoms with E-state index in [4.69, 9.17) is 5.73 Å². The number of hydrogen-bond donors (Lipinski definition) is 4. The number of amides is 3. The third kappa shape index (κ3) is 10.4. The van der Waals surface area contributed by atoms with Gasteiger partial charge in [-0.15, -0.1) is 0 Å². The van der Waals surface area contributed by atoms with Crippen molar-refractivity contribution in [2.75, 3.05) is 6.54 Å². The predicted octanol–water partition coefficient (Wildman–Crippen LogP) is 1.91. The Morgan fingerprint density at radius 1 is 0.833 bits per heavy atom. The lowest BCUT2D eigenvalue weighted by Crippen LogP contribution is -2.54. The van der Waals surface area contributed by atoms with Crippen LogP contribution < -0.4 is 21.7 Å². The average molecular weight is 495 g/mol. The lowest BCUT2D eigenvalue weighted by Gasteiger charge is -2.25. The van der Waals surface area contributed by atoms with Crippen molar-refractivity contribution in [3.63, 3.8) is 0 Å². The maximum Gasteiger partial charge on any atom is 0.243 e. The molecule has 0 aliphatic carbocycles. The Morgan fingerprint density at radius 3 is 1.97 bits per heavy atom. The van der Waals surface area contributed by atoms with Gasteiger partial charge in [-0.05, 0) is 43.2 Å². The molecule has 0 aliphatic rings. The number of rotatable bonds is 14. The highest BCUT2D eigenvalue weighted by Crippen LogP contribution is 2.09. The van der Waals surface area contributed by atoms with Gasteiger partial charge in [0.2, 0.25) is 17.7 Å². The van der Waals surface area contributed by atoms with Crippen molar-refractivity contribution < 1.29 is 19.2 Å². The molecular formula is C28H38N4O4. The van der Waals surface area contributed by atoms with Crippen LogP contribution in [-0.2, 0) is 32.0 Å². The molecule has 0 fully saturated rings. The van der Waals surface area contributed by atoms with Crippen molar-refractivity contribution in [2.45, 2.75) is 64.6 Å². The van der Waals surface area contributed by atoms with Crippen LogP contribution in [0.25, 0.3) is 0 Å². The van der Waals surface area contributed by atoms with E-state index >= 15 is 0 Å². The third-order valence-electron chi connectivity index (χ3n) is 5.82. The Hall–Kier alpha value is -3.52. The molecule has 0 radical (unpaired) electrons. The van der Waals surface area contributed by atoms with E-state index in [9.17, 15) is 19.2 Å². The van der Waals surface area contributed by atoms with E-state index in [0.717, 1.165) is 11.1 Å². The van der Waals surface area contributed by atoms with Crippen molar-refractivity contribution in [2.24, 2.45) is 11.7 Å². The number of carbonyl (C=O) groups excluding carboxylic acids is 4. The molecule has 2 unspecified atom stereocenters. The fourth-order valence-electron chi connectivity index (χ4n) is 3.87. The van der Waals surface area contributed by atoms with Gasteiger partial charge in [-0.2, -0.15) is 0 Å².